The number of rotatable bonds is 8. The van der Waals surface area contributed by atoms with E-state index in [0.29, 0.717) is 17.5 Å². The van der Waals surface area contributed by atoms with E-state index >= 15 is 0 Å². The van der Waals surface area contributed by atoms with Crippen molar-refractivity contribution in [3.05, 3.63) is 64.6 Å². The lowest BCUT2D eigenvalue weighted by atomic mass is 9.91. The van der Waals surface area contributed by atoms with Crippen LogP contribution in [0, 0.1) is 5.82 Å². The van der Waals surface area contributed by atoms with E-state index in [1.54, 1.807) is 6.07 Å². The Hall–Kier alpha value is -2.77. The third-order valence-electron chi connectivity index (χ3n) is 8.66. The van der Waals surface area contributed by atoms with Crippen molar-refractivity contribution in [3.8, 4) is 0 Å². The van der Waals surface area contributed by atoms with Crippen LogP contribution in [0.2, 0.25) is 0 Å². The van der Waals surface area contributed by atoms with Gasteiger partial charge < -0.3 is 19.6 Å². The molecule has 3 aromatic rings. The molecule has 7 heteroatoms. The molecule has 3 aliphatic rings. The van der Waals surface area contributed by atoms with Crippen LogP contribution in [0.15, 0.2) is 40.9 Å². The molecule has 0 radical (unpaired) electrons. The molecule has 0 saturated carbocycles. The molecule has 37 heavy (non-hydrogen) atoms. The maximum atomic E-state index is 13.5. The second-order valence-electron chi connectivity index (χ2n) is 11.0. The zero-order valence-electron chi connectivity index (χ0n) is 21.6. The number of carbonyl (C=O) groups excluding carboxylic acids is 1. The van der Waals surface area contributed by atoms with Crippen LogP contribution in [-0.2, 0) is 13.0 Å². The fraction of sp³-hybridized carbons (Fsp3) is 0.533. The lowest BCUT2D eigenvalue weighted by molar-refractivity contribution is 0.0674. The number of carbonyl (C=O) groups is 1. The van der Waals surface area contributed by atoms with Crippen molar-refractivity contribution in [1.29, 1.82) is 0 Å². The molecule has 0 bridgehead atoms. The summed E-state index contributed by atoms with van der Waals surface area (Å²) in [7, 11) is 0. The van der Waals surface area contributed by atoms with Gasteiger partial charge in [-0.05, 0) is 100 Å². The summed E-state index contributed by atoms with van der Waals surface area (Å²) in [5, 5.41) is 8.67. The Kier molecular flexibility index (Phi) is 7.25. The highest BCUT2D eigenvalue weighted by molar-refractivity contribution is 5.99. The van der Waals surface area contributed by atoms with Crippen LogP contribution in [0.3, 0.4) is 0 Å². The molecule has 1 aromatic heterocycles. The van der Waals surface area contributed by atoms with Crippen molar-refractivity contribution >= 4 is 16.9 Å². The van der Waals surface area contributed by atoms with Gasteiger partial charge in [0.2, 0.25) is 0 Å². The topological polar surface area (TPSA) is 61.6 Å². The molecule has 2 fully saturated rings. The molecule has 4 heterocycles. The van der Waals surface area contributed by atoms with E-state index in [1.165, 1.54) is 36.1 Å². The summed E-state index contributed by atoms with van der Waals surface area (Å²) < 4.78 is 18.8. The van der Waals surface area contributed by atoms with Crippen molar-refractivity contribution < 1.29 is 13.7 Å². The third kappa shape index (κ3) is 5.16. The minimum absolute atomic E-state index is 0.222. The number of unbranched alkanes of at least 4 members (excludes halogenated alkanes) is 2. The fourth-order valence-electron chi connectivity index (χ4n) is 6.53. The minimum atomic E-state index is -0.283. The third-order valence-corrected chi connectivity index (χ3v) is 8.66. The minimum Gasteiger partial charge on any atom is -0.356 e. The van der Waals surface area contributed by atoms with Gasteiger partial charge in [0.1, 0.15) is 5.82 Å². The number of aromatic nitrogens is 1. The summed E-state index contributed by atoms with van der Waals surface area (Å²) in [4.78, 5) is 17.7. The lowest BCUT2D eigenvalue weighted by Crippen LogP contribution is -2.46. The van der Waals surface area contributed by atoms with Crippen LogP contribution in [0.1, 0.15) is 78.0 Å². The average molecular weight is 505 g/mol. The van der Waals surface area contributed by atoms with Gasteiger partial charge in [0, 0.05) is 42.1 Å². The molecule has 0 spiro atoms. The van der Waals surface area contributed by atoms with Crippen molar-refractivity contribution in [2.75, 3.05) is 32.7 Å². The first kappa shape index (κ1) is 24.6. The number of aryl methyl sites for hydroxylation is 1. The van der Waals surface area contributed by atoms with Crippen LogP contribution in [0.25, 0.3) is 11.0 Å². The molecule has 1 unspecified atom stereocenters. The van der Waals surface area contributed by atoms with Gasteiger partial charge in [-0.1, -0.05) is 23.7 Å². The Morgan fingerprint density at radius 1 is 1.08 bits per heavy atom. The number of benzene rings is 2. The molecule has 1 N–H and O–H groups in total. The quantitative estimate of drug-likeness (QED) is 0.424. The first-order valence-corrected chi connectivity index (χ1v) is 14.1. The van der Waals surface area contributed by atoms with Crippen molar-refractivity contribution in [2.24, 2.45) is 0 Å². The smallest absolute Gasteiger partial charge is 0.254 e. The van der Waals surface area contributed by atoms with Crippen LogP contribution in [0.4, 0.5) is 4.39 Å². The average Bonchev–Trinajstić information content (AvgIpc) is 3.50. The normalized spacial score (nSPS) is 21.2. The molecule has 1 atom stereocenters. The van der Waals surface area contributed by atoms with Crippen LogP contribution in [-0.4, -0.2) is 59.6 Å². The van der Waals surface area contributed by atoms with Crippen LogP contribution in [0.5, 0.6) is 0 Å². The van der Waals surface area contributed by atoms with Gasteiger partial charge in [-0.15, -0.1) is 0 Å². The van der Waals surface area contributed by atoms with E-state index in [-0.39, 0.29) is 11.7 Å². The van der Waals surface area contributed by atoms with Crippen LogP contribution >= 0.6 is 0 Å². The predicted molar refractivity (Wildman–Crippen MR) is 142 cm³/mol. The van der Waals surface area contributed by atoms with Gasteiger partial charge >= 0.3 is 0 Å². The zero-order valence-corrected chi connectivity index (χ0v) is 21.6. The number of fused-ring (bicyclic) bond motifs is 2. The molecule has 0 aliphatic carbocycles. The maximum Gasteiger partial charge on any atom is 0.254 e. The molecule has 3 aliphatic heterocycles. The lowest BCUT2D eigenvalue weighted by Gasteiger charge is -2.31. The Morgan fingerprint density at radius 3 is 2.81 bits per heavy atom. The van der Waals surface area contributed by atoms with Gasteiger partial charge in [0.05, 0.1) is 5.69 Å². The summed E-state index contributed by atoms with van der Waals surface area (Å²) in [6.07, 6.45) is 9.00. The largest absolute Gasteiger partial charge is 0.356 e. The SMILES string of the molecule is O=C1c2cccc(CCCCCN3CCC(c4noc5cc(F)ccc45)CC3)c2CN1C1CCCNC1. The first-order chi connectivity index (χ1) is 18.2. The Balaban J connectivity index is 0.949. The van der Waals surface area contributed by atoms with Crippen molar-refractivity contribution in [3.63, 3.8) is 0 Å². The highest BCUT2D eigenvalue weighted by Crippen LogP contribution is 2.33. The number of halogens is 1. The Labute approximate surface area is 218 Å². The monoisotopic (exact) mass is 504 g/mol. The number of hydrogen-bond donors (Lipinski definition) is 1. The van der Waals surface area contributed by atoms with E-state index < -0.39 is 0 Å². The van der Waals surface area contributed by atoms with E-state index in [1.807, 2.05) is 6.07 Å². The van der Waals surface area contributed by atoms with E-state index in [2.05, 4.69) is 32.4 Å². The summed E-state index contributed by atoms with van der Waals surface area (Å²) in [5.41, 5.74) is 5.09. The molecule has 2 aromatic carbocycles. The summed E-state index contributed by atoms with van der Waals surface area (Å²) in [5.74, 6) is 0.323. The molecule has 1 amide bonds. The predicted octanol–water partition coefficient (Wildman–Crippen LogP) is 5.27. The second kappa shape index (κ2) is 10.9. The van der Waals surface area contributed by atoms with E-state index in [9.17, 15) is 9.18 Å². The first-order valence-electron chi connectivity index (χ1n) is 14.1. The summed E-state index contributed by atoms with van der Waals surface area (Å²) in [6.45, 7) is 6.03. The van der Waals surface area contributed by atoms with Gasteiger partial charge in [-0.3, -0.25) is 4.79 Å². The highest BCUT2D eigenvalue weighted by atomic mass is 19.1. The zero-order chi connectivity index (χ0) is 25.2. The fourth-order valence-corrected chi connectivity index (χ4v) is 6.53. The number of nitrogens with one attached hydrogen (secondary N) is 1. The Morgan fingerprint density at radius 2 is 1.97 bits per heavy atom. The van der Waals surface area contributed by atoms with E-state index in [0.717, 1.165) is 94.4 Å². The van der Waals surface area contributed by atoms with E-state index in [4.69, 9.17) is 4.52 Å². The number of amides is 1. The van der Waals surface area contributed by atoms with Gasteiger partial charge in [0.15, 0.2) is 5.58 Å². The van der Waals surface area contributed by atoms with Crippen molar-refractivity contribution in [2.45, 2.75) is 69.9 Å². The van der Waals surface area contributed by atoms with Gasteiger partial charge in [-0.2, -0.15) is 0 Å². The molecule has 2 saturated heterocycles. The van der Waals surface area contributed by atoms with Crippen LogP contribution < -0.4 is 5.32 Å². The maximum absolute atomic E-state index is 13.5. The molecular formula is C30H37FN4O2. The van der Waals surface area contributed by atoms with Crippen molar-refractivity contribution in [1.82, 2.24) is 20.3 Å². The number of nitrogens with zero attached hydrogens (tertiary/aromatic N) is 3. The molecule has 6 nitrogen and oxygen atoms in total. The molecule has 6 rings (SSSR count). The standard InChI is InChI=1S/C30H37FN4O2/c31-23-10-11-26-28(18-23)37-33-29(26)22-12-16-34(17-13-22)15-3-1-2-6-21-7-4-9-25-27(21)20-35(30(25)36)24-8-5-14-32-19-24/h4,7,9-11,18,22,24,32H,1-3,5-6,8,12-17,19-20H2. The number of likely N-dealkylation sites (tertiary alicyclic amines) is 1. The number of hydrogen-bond acceptors (Lipinski definition) is 5. The summed E-state index contributed by atoms with van der Waals surface area (Å²) >= 11 is 0. The Bertz CT molecular complexity index is 1240. The molecule has 196 valence electrons. The number of piperidine rings is 2. The molecular weight excluding hydrogens is 467 g/mol. The van der Waals surface area contributed by atoms with Gasteiger partial charge in [-0.25, -0.2) is 4.39 Å². The second-order valence-corrected chi connectivity index (χ2v) is 11.0. The summed E-state index contributed by atoms with van der Waals surface area (Å²) in [6, 6.07) is 11.3. The highest BCUT2D eigenvalue weighted by Gasteiger charge is 2.34. The van der Waals surface area contributed by atoms with Gasteiger partial charge in [0.25, 0.3) is 5.91 Å².